The number of ether oxygens (including phenoxy) is 1. The molecule has 20 heavy (non-hydrogen) atoms. The van der Waals surface area contributed by atoms with Crippen molar-refractivity contribution in [3.63, 3.8) is 0 Å². The Morgan fingerprint density at radius 3 is 2.40 bits per heavy atom. The first-order chi connectivity index (χ1) is 9.61. The van der Waals surface area contributed by atoms with Crippen LogP contribution >= 0.6 is 22.6 Å². The molecule has 4 heteroatoms. The second-order valence-corrected chi connectivity index (χ2v) is 5.83. The zero-order chi connectivity index (χ0) is 14.5. The van der Waals surface area contributed by atoms with E-state index in [-0.39, 0.29) is 11.9 Å². The van der Waals surface area contributed by atoms with Gasteiger partial charge >= 0.3 is 0 Å². The Kier molecular flexibility index (Phi) is 5.37. The summed E-state index contributed by atoms with van der Waals surface area (Å²) < 4.78 is 21.0. The third-order valence-corrected chi connectivity index (χ3v) is 3.87. The fraction of sp³-hybridized carbons (Fsp3) is 0.250. The van der Waals surface area contributed by atoms with Crippen LogP contribution in [0.2, 0.25) is 0 Å². The summed E-state index contributed by atoms with van der Waals surface area (Å²) >= 11 is 2.23. The summed E-state index contributed by atoms with van der Waals surface area (Å²) in [5.74, 6) is 0.412. The lowest BCUT2D eigenvalue weighted by Gasteiger charge is -2.25. The van der Waals surface area contributed by atoms with Gasteiger partial charge in [-0.25, -0.2) is 4.39 Å². The molecule has 0 amide bonds. The standard InChI is InChI=1S/C16H17FINO/c1-2-15(19)16(13-5-3-4-6-14(13)17)20-12-9-7-11(18)8-10-12/h3-10,15-16H,2,19H2,1H3. The molecule has 0 aromatic heterocycles. The Balaban J connectivity index is 2.29. The van der Waals surface area contributed by atoms with E-state index in [2.05, 4.69) is 22.6 Å². The van der Waals surface area contributed by atoms with E-state index in [1.165, 1.54) is 6.07 Å². The predicted octanol–water partition coefficient (Wildman–Crippen LogP) is 4.29. The monoisotopic (exact) mass is 385 g/mol. The number of hydrogen-bond acceptors (Lipinski definition) is 2. The van der Waals surface area contributed by atoms with Crippen molar-refractivity contribution in [2.45, 2.75) is 25.5 Å². The van der Waals surface area contributed by atoms with Crippen LogP contribution < -0.4 is 10.5 Å². The largest absolute Gasteiger partial charge is 0.484 e. The molecule has 0 bridgehead atoms. The zero-order valence-electron chi connectivity index (χ0n) is 11.2. The molecule has 0 saturated heterocycles. The minimum absolute atomic E-state index is 0.258. The maximum Gasteiger partial charge on any atom is 0.142 e. The van der Waals surface area contributed by atoms with Crippen LogP contribution in [-0.2, 0) is 0 Å². The molecule has 0 heterocycles. The average molecular weight is 385 g/mol. The van der Waals surface area contributed by atoms with Crippen molar-refractivity contribution >= 4 is 22.6 Å². The van der Waals surface area contributed by atoms with Gasteiger partial charge in [0.05, 0.1) is 0 Å². The maximum atomic E-state index is 14.0. The molecule has 0 radical (unpaired) electrons. The van der Waals surface area contributed by atoms with Gasteiger partial charge in [0, 0.05) is 15.2 Å². The van der Waals surface area contributed by atoms with Gasteiger partial charge in [0.2, 0.25) is 0 Å². The number of halogens is 2. The molecular weight excluding hydrogens is 368 g/mol. The zero-order valence-corrected chi connectivity index (χ0v) is 13.4. The van der Waals surface area contributed by atoms with Gasteiger partial charge in [-0.3, -0.25) is 0 Å². The molecule has 0 saturated carbocycles. The van der Waals surface area contributed by atoms with E-state index < -0.39 is 6.10 Å². The molecule has 2 unspecified atom stereocenters. The Bertz CT molecular complexity index is 559. The van der Waals surface area contributed by atoms with E-state index in [0.29, 0.717) is 17.7 Å². The normalized spacial score (nSPS) is 13.8. The smallest absolute Gasteiger partial charge is 0.142 e. The summed E-state index contributed by atoms with van der Waals surface area (Å²) in [4.78, 5) is 0. The third kappa shape index (κ3) is 3.70. The van der Waals surface area contributed by atoms with Crippen LogP contribution in [0.15, 0.2) is 48.5 Å². The quantitative estimate of drug-likeness (QED) is 0.780. The van der Waals surface area contributed by atoms with E-state index in [9.17, 15) is 4.39 Å². The molecule has 2 rings (SSSR count). The van der Waals surface area contributed by atoms with E-state index in [1.54, 1.807) is 18.2 Å². The van der Waals surface area contributed by atoms with Gasteiger partial charge in [0.15, 0.2) is 0 Å². The predicted molar refractivity (Wildman–Crippen MR) is 87.2 cm³/mol. The van der Waals surface area contributed by atoms with Crippen LogP contribution in [0.3, 0.4) is 0 Å². The van der Waals surface area contributed by atoms with Crippen LogP contribution in [0.4, 0.5) is 4.39 Å². The highest BCUT2D eigenvalue weighted by Gasteiger charge is 2.23. The Morgan fingerprint density at radius 1 is 1.15 bits per heavy atom. The molecule has 0 aliphatic carbocycles. The van der Waals surface area contributed by atoms with Gasteiger partial charge in [-0.1, -0.05) is 25.1 Å². The molecular formula is C16H17FINO. The van der Waals surface area contributed by atoms with Gasteiger partial charge in [-0.2, -0.15) is 0 Å². The Labute approximate surface area is 132 Å². The molecule has 106 valence electrons. The van der Waals surface area contributed by atoms with Crippen LogP contribution in [-0.4, -0.2) is 6.04 Å². The molecule has 2 aromatic rings. The molecule has 0 aliphatic heterocycles. The van der Waals surface area contributed by atoms with E-state index in [4.69, 9.17) is 10.5 Å². The van der Waals surface area contributed by atoms with Gasteiger partial charge < -0.3 is 10.5 Å². The molecule has 0 aliphatic rings. The highest BCUT2D eigenvalue weighted by Crippen LogP contribution is 2.27. The molecule has 0 spiro atoms. The van der Waals surface area contributed by atoms with Crippen molar-refractivity contribution in [3.8, 4) is 5.75 Å². The summed E-state index contributed by atoms with van der Waals surface area (Å²) in [6.07, 6.45) is 0.227. The summed E-state index contributed by atoms with van der Waals surface area (Å²) in [6, 6.07) is 14.0. The highest BCUT2D eigenvalue weighted by molar-refractivity contribution is 14.1. The van der Waals surface area contributed by atoms with Crippen LogP contribution in [0.25, 0.3) is 0 Å². The van der Waals surface area contributed by atoms with Crippen LogP contribution in [0, 0.1) is 9.39 Å². The number of nitrogens with two attached hydrogens (primary N) is 1. The lowest BCUT2D eigenvalue weighted by Crippen LogP contribution is -2.32. The lowest BCUT2D eigenvalue weighted by molar-refractivity contribution is 0.166. The minimum Gasteiger partial charge on any atom is -0.484 e. The SMILES string of the molecule is CCC(N)C(Oc1ccc(I)cc1)c1ccccc1F. The van der Waals surface area contributed by atoms with Crippen molar-refractivity contribution in [2.75, 3.05) is 0 Å². The van der Waals surface area contributed by atoms with E-state index >= 15 is 0 Å². The van der Waals surface area contributed by atoms with Crippen LogP contribution in [0.5, 0.6) is 5.75 Å². The van der Waals surface area contributed by atoms with Gasteiger partial charge in [0.25, 0.3) is 0 Å². The van der Waals surface area contributed by atoms with Gasteiger partial charge in [-0.15, -0.1) is 0 Å². The summed E-state index contributed by atoms with van der Waals surface area (Å²) in [7, 11) is 0. The average Bonchev–Trinajstić information content (AvgIpc) is 2.47. The molecule has 2 aromatic carbocycles. The van der Waals surface area contributed by atoms with Crippen molar-refractivity contribution < 1.29 is 9.13 Å². The maximum absolute atomic E-state index is 14.0. The van der Waals surface area contributed by atoms with Crippen molar-refractivity contribution in [1.29, 1.82) is 0 Å². The fourth-order valence-electron chi connectivity index (χ4n) is 1.96. The number of hydrogen-bond donors (Lipinski definition) is 1. The highest BCUT2D eigenvalue weighted by atomic mass is 127. The topological polar surface area (TPSA) is 35.2 Å². The number of benzene rings is 2. The van der Waals surface area contributed by atoms with Crippen molar-refractivity contribution in [3.05, 3.63) is 63.5 Å². The fourth-order valence-corrected chi connectivity index (χ4v) is 2.32. The summed E-state index contributed by atoms with van der Waals surface area (Å²) in [5, 5.41) is 0. The van der Waals surface area contributed by atoms with Crippen molar-refractivity contribution in [1.82, 2.24) is 0 Å². The lowest BCUT2D eigenvalue weighted by atomic mass is 10.0. The van der Waals surface area contributed by atoms with Gasteiger partial charge in [0.1, 0.15) is 17.7 Å². The van der Waals surface area contributed by atoms with E-state index in [1.807, 2.05) is 31.2 Å². The first-order valence-corrected chi connectivity index (χ1v) is 7.62. The molecule has 2 atom stereocenters. The third-order valence-electron chi connectivity index (χ3n) is 3.15. The van der Waals surface area contributed by atoms with Crippen LogP contribution in [0.1, 0.15) is 25.0 Å². The molecule has 2 N–H and O–H groups in total. The Hall–Kier alpha value is -1.14. The van der Waals surface area contributed by atoms with Gasteiger partial charge in [-0.05, 0) is 59.3 Å². The number of rotatable bonds is 5. The van der Waals surface area contributed by atoms with E-state index in [0.717, 1.165) is 3.57 Å². The van der Waals surface area contributed by atoms with Crippen molar-refractivity contribution in [2.24, 2.45) is 5.73 Å². The summed E-state index contributed by atoms with van der Waals surface area (Å²) in [5.41, 5.74) is 6.60. The minimum atomic E-state index is -0.485. The molecule has 0 fully saturated rings. The first-order valence-electron chi connectivity index (χ1n) is 6.54. The second kappa shape index (κ2) is 7.04. The first kappa shape index (κ1) is 15.3. The summed E-state index contributed by atoms with van der Waals surface area (Å²) in [6.45, 7) is 1.97. The second-order valence-electron chi connectivity index (χ2n) is 4.59. The molecule has 2 nitrogen and oxygen atoms in total. The Morgan fingerprint density at radius 2 is 1.80 bits per heavy atom.